The van der Waals surface area contributed by atoms with E-state index in [1.54, 1.807) is 0 Å². The van der Waals surface area contributed by atoms with Gasteiger partial charge in [-0.1, -0.05) is 19.3 Å². The third-order valence-electron chi connectivity index (χ3n) is 3.90. The molecule has 1 saturated carbocycles. The number of pyridine rings is 1. The van der Waals surface area contributed by atoms with Gasteiger partial charge in [-0.2, -0.15) is 13.2 Å². The van der Waals surface area contributed by atoms with E-state index < -0.39 is 17.2 Å². The number of nitrogens with two attached hydrogens (primary N) is 1. The van der Waals surface area contributed by atoms with E-state index in [1.807, 2.05) is 0 Å². The molecule has 1 aliphatic carbocycles. The van der Waals surface area contributed by atoms with Crippen molar-refractivity contribution in [1.29, 1.82) is 0 Å². The Balaban J connectivity index is 2.48. The van der Waals surface area contributed by atoms with Gasteiger partial charge in [0.05, 0.1) is 5.56 Å². The van der Waals surface area contributed by atoms with Crippen molar-refractivity contribution in [3.05, 3.63) is 29.6 Å². The average molecular weight is 258 g/mol. The predicted octanol–water partition coefficient (Wildman–Crippen LogP) is 3.26. The SMILES string of the molecule is NCC1(c2ccncc2C(F)(F)F)CCCCC1. The van der Waals surface area contributed by atoms with Crippen LogP contribution < -0.4 is 5.73 Å². The minimum atomic E-state index is -4.36. The van der Waals surface area contributed by atoms with E-state index in [2.05, 4.69) is 4.98 Å². The molecular weight excluding hydrogens is 241 g/mol. The van der Waals surface area contributed by atoms with Crippen molar-refractivity contribution in [3.63, 3.8) is 0 Å². The van der Waals surface area contributed by atoms with Crippen LogP contribution in [0.1, 0.15) is 43.2 Å². The van der Waals surface area contributed by atoms with Gasteiger partial charge in [0, 0.05) is 24.4 Å². The molecule has 1 heterocycles. The molecule has 18 heavy (non-hydrogen) atoms. The minimum absolute atomic E-state index is 0.264. The summed E-state index contributed by atoms with van der Waals surface area (Å²) in [5, 5.41) is 0. The Kier molecular flexibility index (Phi) is 3.61. The van der Waals surface area contributed by atoms with Crippen LogP contribution in [-0.2, 0) is 11.6 Å². The first-order chi connectivity index (χ1) is 8.49. The van der Waals surface area contributed by atoms with Crippen LogP contribution >= 0.6 is 0 Å². The van der Waals surface area contributed by atoms with Crippen LogP contribution in [0.2, 0.25) is 0 Å². The minimum Gasteiger partial charge on any atom is -0.330 e. The van der Waals surface area contributed by atoms with Crippen LogP contribution in [0.25, 0.3) is 0 Å². The van der Waals surface area contributed by atoms with E-state index in [1.165, 1.54) is 12.3 Å². The molecular formula is C13H17F3N2. The Bertz CT molecular complexity index is 409. The molecule has 0 radical (unpaired) electrons. The molecule has 1 aliphatic rings. The first-order valence-corrected chi connectivity index (χ1v) is 6.21. The van der Waals surface area contributed by atoms with E-state index in [4.69, 9.17) is 5.73 Å². The molecule has 0 spiro atoms. The molecule has 100 valence electrons. The van der Waals surface area contributed by atoms with Crippen molar-refractivity contribution in [2.75, 3.05) is 6.54 Å². The topological polar surface area (TPSA) is 38.9 Å². The molecule has 1 aromatic rings. The fraction of sp³-hybridized carbons (Fsp3) is 0.615. The van der Waals surface area contributed by atoms with Crippen LogP contribution in [0.5, 0.6) is 0 Å². The lowest BCUT2D eigenvalue weighted by Gasteiger charge is -2.38. The lowest BCUT2D eigenvalue weighted by molar-refractivity contribution is -0.139. The molecule has 0 amide bonds. The van der Waals surface area contributed by atoms with Gasteiger partial charge in [-0.05, 0) is 24.5 Å². The average Bonchev–Trinajstić information content (AvgIpc) is 2.38. The zero-order valence-electron chi connectivity index (χ0n) is 10.1. The third-order valence-corrected chi connectivity index (χ3v) is 3.90. The van der Waals surface area contributed by atoms with Gasteiger partial charge in [-0.15, -0.1) is 0 Å². The number of alkyl halides is 3. The zero-order chi connectivity index (χ0) is 13.2. The summed E-state index contributed by atoms with van der Waals surface area (Å²) in [5.41, 5.74) is 4.97. The van der Waals surface area contributed by atoms with Gasteiger partial charge >= 0.3 is 6.18 Å². The lowest BCUT2D eigenvalue weighted by atomic mass is 9.68. The summed E-state index contributed by atoms with van der Waals surface area (Å²) in [7, 11) is 0. The molecule has 0 aliphatic heterocycles. The highest BCUT2D eigenvalue weighted by atomic mass is 19.4. The van der Waals surface area contributed by atoms with E-state index in [0.717, 1.165) is 38.3 Å². The normalized spacial score (nSPS) is 19.8. The van der Waals surface area contributed by atoms with Crippen LogP contribution in [0.4, 0.5) is 13.2 Å². The van der Waals surface area contributed by atoms with Crippen LogP contribution in [0, 0.1) is 0 Å². The Morgan fingerprint density at radius 1 is 1.22 bits per heavy atom. The molecule has 0 unspecified atom stereocenters. The van der Waals surface area contributed by atoms with Gasteiger partial charge in [0.1, 0.15) is 0 Å². The second-order valence-electron chi connectivity index (χ2n) is 4.96. The van der Waals surface area contributed by atoms with Crippen molar-refractivity contribution >= 4 is 0 Å². The van der Waals surface area contributed by atoms with Gasteiger partial charge in [0.2, 0.25) is 0 Å². The highest BCUT2D eigenvalue weighted by Crippen LogP contribution is 2.43. The smallest absolute Gasteiger partial charge is 0.330 e. The first kappa shape index (κ1) is 13.3. The summed E-state index contributed by atoms with van der Waals surface area (Å²) in [5.74, 6) is 0. The van der Waals surface area contributed by atoms with Gasteiger partial charge < -0.3 is 5.73 Å². The monoisotopic (exact) mass is 258 g/mol. The summed E-state index contributed by atoms with van der Waals surface area (Å²) in [4.78, 5) is 3.61. The summed E-state index contributed by atoms with van der Waals surface area (Å²) in [6.45, 7) is 0.264. The van der Waals surface area contributed by atoms with Crippen LogP contribution in [-0.4, -0.2) is 11.5 Å². The number of halogens is 3. The maximum atomic E-state index is 13.0. The Labute approximate surface area is 104 Å². The van der Waals surface area contributed by atoms with E-state index in [-0.39, 0.29) is 6.54 Å². The number of aromatic nitrogens is 1. The van der Waals surface area contributed by atoms with Gasteiger partial charge in [0.15, 0.2) is 0 Å². The molecule has 2 nitrogen and oxygen atoms in total. The molecule has 1 aromatic heterocycles. The molecule has 0 saturated heterocycles. The fourth-order valence-corrected chi connectivity index (χ4v) is 2.89. The Morgan fingerprint density at radius 2 is 1.89 bits per heavy atom. The van der Waals surface area contributed by atoms with E-state index >= 15 is 0 Å². The number of rotatable bonds is 2. The Hall–Kier alpha value is -1.10. The lowest BCUT2D eigenvalue weighted by Crippen LogP contribution is -2.39. The van der Waals surface area contributed by atoms with Gasteiger partial charge in [-0.25, -0.2) is 0 Å². The van der Waals surface area contributed by atoms with Gasteiger partial charge in [0.25, 0.3) is 0 Å². The van der Waals surface area contributed by atoms with Crippen molar-refractivity contribution in [2.45, 2.75) is 43.7 Å². The second-order valence-corrected chi connectivity index (χ2v) is 4.96. The molecule has 2 rings (SSSR count). The second kappa shape index (κ2) is 4.88. The molecule has 0 aromatic carbocycles. The molecule has 5 heteroatoms. The number of hydrogen-bond donors (Lipinski definition) is 1. The molecule has 2 N–H and O–H groups in total. The third kappa shape index (κ3) is 2.36. The summed E-state index contributed by atoms with van der Waals surface area (Å²) >= 11 is 0. The molecule has 1 fully saturated rings. The van der Waals surface area contributed by atoms with Gasteiger partial charge in [-0.3, -0.25) is 4.98 Å². The summed E-state index contributed by atoms with van der Waals surface area (Å²) in [6.07, 6.45) is 2.41. The van der Waals surface area contributed by atoms with Crippen molar-refractivity contribution in [1.82, 2.24) is 4.98 Å². The zero-order valence-corrected chi connectivity index (χ0v) is 10.1. The molecule has 0 atom stereocenters. The largest absolute Gasteiger partial charge is 0.418 e. The first-order valence-electron chi connectivity index (χ1n) is 6.21. The Morgan fingerprint density at radius 3 is 2.44 bits per heavy atom. The highest BCUT2D eigenvalue weighted by Gasteiger charge is 2.41. The van der Waals surface area contributed by atoms with Crippen LogP contribution in [0.3, 0.4) is 0 Å². The van der Waals surface area contributed by atoms with Crippen LogP contribution in [0.15, 0.2) is 18.5 Å². The fourth-order valence-electron chi connectivity index (χ4n) is 2.89. The maximum absolute atomic E-state index is 13.0. The van der Waals surface area contributed by atoms with E-state index in [0.29, 0.717) is 5.56 Å². The standard InChI is InChI=1S/C13H17F3N2/c14-13(15,16)11-8-18-7-4-10(11)12(9-17)5-2-1-3-6-12/h4,7-8H,1-3,5-6,9,17H2. The van der Waals surface area contributed by atoms with Crippen molar-refractivity contribution < 1.29 is 13.2 Å². The highest BCUT2D eigenvalue weighted by molar-refractivity contribution is 5.35. The summed E-state index contributed by atoms with van der Waals surface area (Å²) < 4.78 is 39.1. The number of nitrogens with zero attached hydrogens (tertiary/aromatic N) is 1. The predicted molar refractivity (Wildman–Crippen MR) is 63.1 cm³/mol. The van der Waals surface area contributed by atoms with Crippen molar-refractivity contribution in [3.8, 4) is 0 Å². The summed E-state index contributed by atoms with van der Waals surface area (Å²) in [6, 6.07) is 1.49. The van der Waals surface area contributed by atoms with Crippen molar-refractivity contribution in [2.24, 2.45) is 5.73 Å². The number of hydrogen-bond acceptors (Lipinski definition) is 2. The van der Waals surface area contributed by atoms with E-state index in [9.17, 15) is 13.2 Å². The quantitative estimate of drug-likeness (QED) is 0.884. The maximum Gasteiger partial charge on any atom is 0.418 e. The molecule has 0 bridgehead atoms.